The summed E-state index contributed by atoms with van der Waals surface area (Å²) < 4.78 is 26.2. The summed E-state index contributed by atoms with van der Waals surface area (Å²) in [6.07, 6.45) is 0. The molecule has 766 valence electrons. The van der Waals surface area contributed by atoms with E-state index in [9.17, 15) is 9.13 Å². The van der Waals surface area contributed by atoms with Gasteiger partial charge in [-0.2, -0.15) is 0 Å². The molecule has 0 amide bonds. The lowest BCUT2D eigenvalue weighted by Crippen LogP contribution is -2.25. The van der Waals surface area contributed by atoms with Gasteiger partial charge in [0.05, 0.1) is 14.2 Å². The zero-order chi connectivity index (χ0) is 108. The second-order valence-electron chi connectivity index (χ2n) is 31.4. The topological polar surface area (TPSA) is 34.1 Å². The summed E-state index contributed by atoms with van der Waals surface area (Å²) in [5.41, 5.74) is 11.3. The average molecular weight is 2370 g/mol. The predicted molar refractivity (Wildman–Crippen MR) is 688 cm³/mol. The first-order valence-corrected chi connectivity index (χ1v) is 62.2. The van der Waals surface area contributed by atoms with Crippen molar-refractivity contribution in [2.45, 2.75) is 132 Å². The van der Waals surface area contributed by atoms with Gasteiger partial charge in [-0.05, 0) is 234 Å². The van der Waals surface area contributed by atoms with Crippen LogP contribution in [0.25, 0.3) is 0 Å². The van der Waals surface area contributed by atoms with Crippen LogP contribution in [0.3, 0.4) is 0 Å². The van der Waals surface area contributed by atoms with Crippen LogP contribution in [0.1, 0.15) is 119 Å². The van der Waals surface area contributed by atoms with Gasteiger partial charge < -0.3 is 9.13 Å². The van der Waals surface area contributed by atoms with Crippen LogP contribution < -0.4 is 10.6 Å². The summed E-state index contributed by atoms with van der Waals surface area (Å²) in [6, 6.07) is 186. The third kappa shape index (κ3) is 46.0. The van der Waals surface area contributed by atoms with E-state index in [0.717, 1.165) is 63.2 Å². The molecule has 0 atom stereocenters. The van der Waals surface area contributed by atoms with Crippen LogP contribution >= 0.6 is 186 Å². The summed E-state index contributed by atoms with van der Waals surface area (Å²) in [5.74, 6) is 0. The number of hydrogen-bond donors (Lipinski definition) is 7. The zero-order valence-electron chi connectivity index (χ0n) is 86.7. The standard InChI is InChI=1S/C27H25OPS.2C25H19BrS.C8H11OPS.C6H5BrS.5C6H6S.5C2H6/c1-29(2,28)25-18-20-26(21-19-25)30-27(22-12-6-3-7-13-22,23-14-8-4-9-15-23)24-16-10-5-11-17-24;2*26-23-16-18-24(19-17-23)27-25(20-10-4-1-5-11-20,21-12-6-2-7-13-21)22-14-8-3-9-15-22;1-10(2,9)7-3-5-8(11)6-4-7;7-5-1-3-6(8)4-2-5;5*7-6-4-2-1-3-5-6;5*1-2/h3-21H,1-2H3;2*1-19H;3-6,11H,1-2H3;1-4,8H;5*1-5,7H;5*1-2H3. The first-order chi connectivity index (χ1) is 71.8. The van der Waals surface area contributed by atoms with Crippen LogP contribution in [0.4, 0.5) is 0 Å². The van der Waals surface area contributed by atoms with Gasteiger partial charge in [0, 0.05) is 73.0 Å². The lowest BCUT2D eigenvalue weighted by atomic mass is 9.84. The lowest BCUT2D eigenvalue weighted by molar-refractivity contribution is 0.587. The second kappa shape index (κ2) is 74.5. The molecule has 17 heteroatoms. The minimum Gasteiger partial charge on any atom is -0.319 e. The molecule has 19 aromatic carbocycles. The third-order valence-corrected chi connectivity index (χ3v) is 31.9. The normalized spacial score (nSPS) is 10.2. The number of halogens is 3. The van der Waals surface area contributed by atoms with Gasteiger partial charge in [0.25, 0.3) is 0 Å². The highest BCUT2D eigenvalue weighted by Crippen LogP contribution is 2.55. The van der Waals surface area contributed by atoms with Gasteiger partial charge >= 0.3 is 0 Å². The molecule has 0 aliphatic carbocycles. The maximum atomic E-state index is 12.5. The molecule has 19 aromatic rings. The molecule has 0 saturated heterocycles. The molecule has 0 aliphatic rings. The Balaban J connectivity index is 0.000000303. The van der Waals surface area contributed by atoms with Crippen molar-refractivity contribution in [1.82, 2.24) is 0 Å². The SMILES string of the molecule is Brc1ccc(SC(c2ccccc2)(c2ccccc2)c2ccccc2)cc1.Brc1ccc(SC(c2ccccc2)(c2ccccc2)c2ccccc2)cc1.CC.CC.CC.CC.CC.CP(C)(=O)c1ccc(S)cc1.CP(C)(=O)c1ccc(SC(c2ccccc2)(c2ccccc2)c2ccccc2)cc1.Sc1ccc(Br)cc1.Sc1ccccc1.Sc1ccccc1.Sc1ccccc1.Sc1ccccc1.Sc1ccccc1. The monoisotopic (exact) mass is 2360 g/mol. The van der Waals surface area contributed by atoms with Crippen LogP contribution in [-0.4, -0.2) is 26.7 Å². The Bertz CT molecular complexity index is 5970. The van der Waals surface area contributed by atoms with Gasteiger partial charge in [-0.3, -0.25) is 0 Å². The highest BCUT2D eigenvalue weighted by molar-refractivity contribution is 9.11. The smallest absolute Gasteiger partial charge is 0.109 e. The van der Waals surface area contributed by atoms with Crippen molar-refractivity contribution in [2.24, 2.45) is 0 Å². The van der Waals surface area contributed by atoms with Crippen LogP contribution in [0.2, 0.25) is 0 Å². The number of rotatable bonds is 17. The van der Waals surface area contributed by atoms with Gasteiger partial charge in [-0.25, -0.2) is 0 Å². The Labute approximate surface area is 963 Å². The molecule has 0 saturated carbocycles. The Morgan fingerprint density at radius 3 is 0.392 bits per heavy atom. The summed E-state index contributed by atoms with van der Waals surface area (Å²) in [5, 5.41) is 1.83. The minimum atomic E-state index is -2.27. The maximum Gasteiger partial charge on any atom is 0.109 e. The highest BCUT2D eigenvalue weighted by Gasteiger charge is 2.40. The molecule has 0 fully saturated rings. The van der Waals surface area contributed by atoms with Crippen molar-refractivity contribution in [3.63, 3.8) is 0 Å². The van der Waals surface area contributed by atoms with E-state index in [1.165, 1.54) is 59.9 Å². The van der Waals surface area contributed by atoms with Gasteiger partial charge in [0.15, 0.2) is 0 Å². The molecule has 0 spiro atoms. The maximum absolute atomic E-state index is 12.5. The van der Waals surface area contributed by atoms with E-state index >= 15 is 0 Å². The number of hydrogen-bond acceptors (Lipinski definition) is 12. The van der Waals surface area contributed by atoms with Gasteiger partial charge in [0.1, 0.15) is 14.3 Å². The second-order valence-corrected chi connectivity index (χ2v) is 48.1. The molecule has 0 radical (unpaired) electrons. The Kier molecular flexibility index (Phi) is 65.0. The molecule has 0 heterocycles. The number of thioether (sulfide) groups is 3. The van der Waals surface area contributed by atoms with Crippen molar-refractivity contribution in [1.29, 1.82) is 0 Å². The molecule has 0 aliphatic heterocycles. The third-order valence-electron chi connectivity index (χ3n) is 20.6. The van der Waals surface area contributed by atoms with E-state index in [2.05, 4.69) is 470 Å². The lowest BCUT2D eigenvalue weighted by Gasteiger charge is -2.35. The Hall–Kier alpha value is -9.42. The molecule has 148 heavy (non-hydrogen) atoms. The van der Waals surface area contributed by atoms with Gasteiger partial charge in [-0.1, -0.05) is 505 Å². The zero-order valence-corrected chi connectivity index (χ0v) is 102. The molecule has 0 unspecified atom stereocenters. The van der Waals surface area contributed by atoms with E-state index in [4.69, 9.17) is 0 Å². The summed E-state index contributed by atoms with van der Waals surface area (Å²) >= 11 is 44.7. The van der Waals surface area contributed by atoms with E-state index in [1.807, 2.05) is 330 Å². The van der Waals surface area contributed by atoms with Crippen molar-refractivity contribution in [2.75, 3.05) is 26.7 Å². The minimum absolute atomic E-state index is 0.322. The Morgan fingerprint density at radius 2 is 0.270 bits per heavy atom. The molecule has 19 rings (SSSR count). The quantitative estimate of drug-likeness (QED) is 0.0214. The first kappa shape index (κ1) is 129. The largest absolute Gasteiger partial charge is 0.319 e. The molecule has 2 nitrogen and oxygen atoms in total. The fourth-order valence-electron chi connectivity index (χ4n) is 13.9. The fourth-order valence-corrected chi connectivity index (χ4v) is 21.7. The number of benzene rings is 19. The van der Waals surface area contributed by atoms with E-state index in [-0.39, 0.29) is 9.49 Å². The first-order valence-electron chi connectivity index (χ1n) is 49.1. The molecule has 0 aromatic heterocycles. The predicted octanol–water partition coefficient (Wildman–Crippen LogP) is 42.1. The fraction of sp³-hybridized carbons (Fsp3) is 0.130. The molecular weight excluding hydrogens is 2230 g/mol. The van der Waals surface area contributed by atoms with E-state index < -0.39 is 19.0 Å². The highest BCUT2D eigenvalue weighted by atomic mass is 79.9. The van der Waals surface area contributed by atoms with Crippen LogP contribution in [0.5, 0.6) is 0 Å². The van der Waals surface area contributed by atoms with E-state index in [0.29, 0.717) is 0 Å². The van der Waals surface area contributed by atoms with Crippen LogP contribution in [0.15, 0.2) is 608 Å². The van der Waals surface area contributed by atoms with Crippen molar-refractivity contribution in [3.05, 3.63) is 609 Å². The van der Waals surface area contributed by atoms with Crippen molar-refractivity contribution < 1.29 is 9.13 Å². The van der Waals surface area contributed by atoms with Gasteiger partial charge in [0.2, 0.25) is 0 Å². The van der Waals surface area contributed by atoms with Crippen LogP contribution in [-0.2, 0) is 23.4 Å². The van der Waals surface area contributed by atoms with Crippen molar-refractivity contribution >= 4 is 196 Å². The molecular formula is C131H139Br3O2P2S10. The summed E-state index contributed by atoms with van der Waals surface area (Å²) in [6.45, 7) is 27.2. The van der Waals surface area contributed by atoms with Gasteiger partial charge in [-0.15, -0.1) is 124 Å². The average Bonchev–Trinajstić information content (AvgIpc) is 1.69. The Morgan fingerprint density at radius 1 is 0.162 bits per heavy atom. The molecule has 0 N–H and O–H groups in total. The van der Waals surface area contributed by atoms with Crippen molar-refractivity contribution in [3.8, 4) is 0 Å². The summed E-state index contributed by atoms with van der Waals surface area (Å²) in [4.78, 5) is 10.6. The molecule has 0 bridgehead atoms. The number of thiol groups is 7. The van der Waals surface area contributed by atoms with Crippen LogP contribution in [0, 0.1) is 0 Å². The van der Waals surface area contributed by atoms with E-state index in [1.54, 1.807) is 13.3 Å². The summed E-state index contributed by atoms with van der Waals surface area (Å²) in [7, 11) is -4.34.